The predicted molar refractivity (Wildman–Crippen MR) is 75.2 cm³/mol. The number of benzene rings is 1. The smallest absolute Gasteiger partial charge is 0.118 e. The van der Waals surface area contributed by atoms with Gasteiger partial charge in [0.2, 0.25) is 0 Å². The molecule has 2 nitrogen and oxygen atoms in total. The Labute approximate surface area is 114 Å². The zero-order valence-electron chi connectivity index (χ0n) is 9.52. The molecule has 2 rings (SSSR count). The molecule has 17 heavy (non-hydrogen) atoms. The first-order valence-electron chi connectivity index (χ1n) is 5.37. The van der Waals surface area contributed by atoms with Gasteiger partial charge < -0.3 is 10.2 Å². The van der Waals surface area contributed by atoms with Gasteiger partial charge in [0.05, 0.1) is 5.25 Å². The molecule has 1 aromatic heterocycles. The normalized spacial score (nSPS) is 12.6. The maximum atomic E-state index is 5.80. The highest BCUT2D eigenvalue weighted by molar-refractivity contribution is 9.10. The zero-order valence-corrected chi connectivity index (χ0v) is 11.9. The molecule has 0 fully saturated rings. The fourth-order valence-corrected chi connectivity index (χ4v) is 2.75. The monoisotopic (exact) mass is 311 g/mol. The Bertz CT molecular complexity index is 480. The van der Waals surface area contributed by atoms with Crippen LogP contribution in [0.25, 0.3) is 0 Å². The highest BCUT2D eigenvalue weighted by atomic mass is 79.9. The Morgan fingerprint density at radius 3 is 2.47 bits per heavy atom. The van der Waals surface area contributed by atoms with Crippen LogP contribution in [0, 0.1) is 6.92 Å². The minimum absolute atomic E-state index is 0.171. The summed E-state index contributed by atoms with van der Waals surface area (Å²) in [5.74, 6) is 1.87. The molecule has 1 unspecified atom stereocenters. The SMILES string of the molecule is Cc1ccc(C(CN)Sc2ccc(Br)cc2)o1. The first-order chi connectivity index (χ1) is 8.19. The van der Waals surface area contributed by atoms with E-state index in [0.29, 0.717) is 6.54 Å². The zero-order chi connectivity index (χ0) is 12.3. The summed E-state index contributed by atoms with van der Waals surface area (Å²) in [5, 5.41) is 0.171. The van der Waals surface area contributed by atoms with E-state index in [1.165, 1.54) is 4.90 Å². The molecule has 1 heterocycles. The van der Waals surface area contributed by atoms with Gasteiger partial charge in [-0.05, 0) is 43.3 Å². The van der Waals surface area contributed by atoms with Crippen molar-refractivity contribution in [3.63, 3.8) is 0 Å². The first kappa shape index (κ1) is 12.7. The van der Waals surface area contributed by atoms with Gasteiger partial charge in [0.1, 0.15) is 11.5 Å². The van der Waals surface area contributed by atoms with Crippen LogP contribution in [0.15, 0.2) is 50.2 Å². The number of aryl methyl sites for hydroxylation is 1. The van der Waals surface area contributed by atoms with E-state index in [1.807, 2.05) is 31.2 Å². The lowest BCUT2D eigenvalue weighted by Crippen LogP contribution is -2.08. The van der Waals surface area contributed by atoms with Crippen molar-refractivity contribution in [2.45, 2.75) is 17.1 Å². The predicted octanol–water partition coefficient (Wildman–Crippen LogP) is 4.14. The molecular formula is C13H14BrNOS. The molecule has 0 saturated heterocycles. The minimum Gasteiger partial charge on any atom is -0.465 e. The summed E-state index contributed by atoms with van der Waals surface area (Å²) in [7, 11) is 0. The topological polar surface area (TPSA) is 39.2 Å². The second kappa shape index (κ2) is 5.76. The molecule has 0 spiro atoms. The lowest BCUT2D eigenvalue weighted by Gasteiger charge is -2.11. The standard InChI is InChI=1S/C13H14BrNOS/c1-9-2-7-12(16-9)13(8-15)17-11-5-3-10(14)4-6-11/h2-7,13H,8,15H2,1H3. The van der Waals surface area contributed by atoms with Crippen LogP contribution in [0.1, 0.15) is 16.8 Å². The molecule has 0 aliphatic carbocycles. The number of hydrogen-bond acceptors (Lipinski definition) is 3. The fraction of sp³-hybridized carbons (Fsp3) is 0.231. The summed E-state index contributed by atoms with van der Waals surface area (Å²) in [4.78, 5) is 1.19. The van der Waals surface area contributed by atoms with E-state index in [4.69, 9.17) is 10.2 Å². The van der Waals surface area contributed by atoms with Gasteiger partial charge in [0.15, 0.2) is 0 Å². The summed E-state index contributed by atoms with van der Waals surface area (Å²) >= 11 is 5.15. The molecule has 0 saturated carbocycles. The van der Waals surface area contributed by atoms with Crippen LogP contribution in [0.5, 0.6) is 0 Å². The quantitative estimate of drug-likeness (QED) is 0.862. The Morgan fingerprint density at radius 1 is 1.24 bits per heavy atom. The first-order valence-corrected chi connectivity index (χ1v) is 7.05. The average Bonchev–Trinajstić information content (AvgIpc) is 2.75. The summed E-state index contributed by atoms with van der Waals surface area (Å²) < 4.78 is 6.71. The van der Waals surface area contributed by atoms with Crippen molar-refractivity contribution in [1.82, 2.24) is 0 Å². The van der Waals surface area contributed by atoms with Crippen LogP contribution >= 0.6 is 27.7 Å². The fourth-order valence-electron chi connectivity index (χ4n) is 1.53. The molecular weight excluding hydrogens is 298 g/mol. The van der Waals surface area contributed by atoms with Gasteiger partial charge in [-0.2, -0.15) is 0 Å². The van der Waals surface area contributed by atoms with Gasteiger partial charge in [0.25, 0.3) is 0 Å². The van der Waals surface area contributed by atoms with Crippen molar-refractivity contribution in [3.8, 4) is 0 Å². The summed E-state index contributed by atoms with van der Waals surface area (Å²) in [6.07, 6.45) is 0. The number of hydrogen-bond donors (Lipinski definition) is 1. The van der Waals surface area contributed by atoms with Crippen LogP contribution in [-0.4, -0.2) is 6.54 Å². The third-order valence-electron chi connectivity index (χ3n) is 2.38. The second-order valence-electron chi connectivity index (χ2n) is 3.74. The largest absolute Gasteiger partial charge is 0.465 e. The molecule has 0 radical (unpaired) electrons. The third kappa shape index (κ3) is 3.37. The number of halogens is 1. The number of nitrogens with two attached hydrogens (primary N) is 1. The Balaban J connectivity index is 2.12. The van der Waals surface area contributed by atoms with Crippen LogP contribution in [-0.2, 0) is 0 Å². The average molecular weight is 312 g/mol. The Morgan fingerprint density at radius 2 is 1.94 bits per heavy atom. The molecule has 0 amide bonds. The Hall–Kier alpha value is -0.710. The van der Waals surface area contributed by atoms with Gasteiger partial charge in [-0.15, -0.1) is 11.8 Å². The van der Waals surface area contributed by atoms with E-state index in [9.17, 15) is 0 Å². The minimum atomic E-state index is 0.171. The van der Waals surface area contributed by atoms with E-state index in [2.05, 4.69) is 28.1 Å². The van der Waals surface area contributed by atoms with E-state index < -0.39 is 0 Å². The molecule has 2 aromatic rings. The second-order valence-corrected chi connectivity index (χ2v) is 5.94. The molecule has 1 aromatic carbocycles. The molecule has 4 heteroatoms. The van der Waals surface area contributed by atoms with Crippen LogP contribution in [0.4, 0.5) is 0 Å². The van der Waals surface area contributed by atoms with Crippen molar-refractivity contribution in [3.05, 3.63) is 52.4 Å². The third-order valence-corrected chi connectivity index (χ3v) is 4.17. The molecule has 90 valence electrons. The number of thioether (sulfide) groups is 1. The van der Waals surface area contributed by atoms with Crippen molar-refractivity contribution >= 4 is 27.7 Å². The molecule has 2 N–H and O–H groups in total. The van der Waals surface area contributed by atoms with Gasteiger partial charge in [-0.1, -0.05) is 15.9 Å². The van der Waals surface area contributed by atoms with Gasteiger partial charge >= 0.3 is 0 Å². The van der Waals surface area contributed by atoms with Crippen LogP contribution in [0.3, 0.4) is 0 Å². The lowest BCUT2D eigenvalue weighted by atomic mass is 10.3. The van der Waals surface area contributed by atoms with Crippen LogP contribution < -0.4 is 5.73 Å². The van der Waals surface area contributed by atoms with Crippen molar-refractivity contribution < 1.29 is 4.42 Å². The Kier molecular flexibility index (Phi) is 4.31. The summed E-state index contributed by atoms with van der Waals surface area (Å²) in [6.45, 7) is 2.51. The van der Waals surface area contributed by atoms with E-state index in [0.717, 1.165) is 16.0 Å². The number of rotatable bonds is 4. The van der Waals surface area contributed by atoms with Gasteiger partial charge in [-0.25, -0.2) is 0 Å². The maximum absolute atomic E-state index is 5.80. The van der Waals surface area contributed by atoms with Crippen molar-refractivity contribution in [2.24, 2.45) is 5.73 Å². The highest BCUT2D eigenvalue weighted by Crippen LogP contribution is 2.35. The van der Waals surface area contributed by atoms with Crippen molar-refractivity contribution in [2.75, 3.05) is 6.54 Å². The molecule has 0 bridgehead atoms. The highest BCUT2D eigenvalue weighted by Gasteiger charge is 2.14. The maximum Gasteiger partial charge on any atom is 0.118 e. The van der Waals surface area contributed by atoms with Gasteiger partial charge in [-0.3, -0.25) is 0 Å². The summed E-state index contributed by atoms with van der Waals surface area (Å²) in [6, 6.07) is 12.2. The molecule has 1 atom stereocenters. The van der Waals surface area contributed by atoms with E-state index in [-0.39, 0.29) is 5.25 Å². The lowest BCUT2D eigenvalue weighted by molar-refractivity contribution is 0.481. The van der Waals surface area contributed by atoms with E-state index in [1.54, 1.807) is 11.8 Å². The van der Waals surface area contributed by atoms with Gasteiger partial charge in [0, 0.05) is 15.9 Å². The van der Waals surface area contributed by atoms with Crippen molar-refractivity contribution in [1.29, 1.82) is 0 Å². The van der Waals surface area contributed by atoms with Crippen LogP contribution in [0.2, 0.25) is 0 Å². The number of furan rings is 1. The summed E-state index contributed by atoms with van der Waals surface area (Å²) in [5.41, 5.74) is 5.80. The molecule has 0 aliphatic rings. The van der Waals surface area contributed by atoms with E-state index >= 15 is 0 Å². The molecule has 0 aliphatic heterocycles.